The Balaban J connectivity index is 2.10. The first-order valence-electron chi connectivity index (χ1n) is 5.90. The van der Waals surface area contributed by atoms with Gasteiger partial charge in [-0.1, -0.05) is 29.4 Å². The maximum Gasteiger partial charge on any atom is 0.0862 e. The van der Waals surface area contributed by atoms with E-state index in [1.165, 1.54) is 0 Å². The fourth-order valence-corrected chi connectivity index (χ4v) is 3.50. The molecule has 0 amide bonds. The Labute approximate surface area is 134 Å². The molecule has 0 unspecified atom stereocenters. The second-order valence-electron chi connectivity index (χ2n) is 4.26. The predicted molar refractivity (Wildman–Crippen MR) is 89.4 cm³/mol. The van der Waals surface area contributed by atoms with Crippen LogP contribution in [0.1, 0.15) is 0 Å². The van der Waals surface area contributed by atoms with E-state index in [0.717, 1.165) is 35.9 Å². The molecule has 2 aromatic carbocycles. The third-order valence-corrected chi connectivity index (χ3v) is 4.54. The van der Waals surface area contributed by atoms with Crippen LogP contribution in [0.15, 0.2) is 62.9 Å². The topological polar surface area (TPSA) is 38.9 Å². The monoisotopic (exact) mass is 364 g/mol. The van der Waals surface area contributed by atoms with E-state index in [-0.39, 0.29) is 0 Å². The van der Waals surface area contributed by atoms with Crippen LogP contribution in [0.25, 0.3) is 10.9 Å². The molecule has 0 bridgehead atoms. The molecular formula is C15H10BrClN2S. The van der Waals surface area contributed by atoms with Crippen LogP contribution in [0.5, 0.6) is 0 Å². The van der Waals surface area contributed by atoms with Gasteiger partial charge in [0.1, 0.15) is 0 Å². The Morgan fingerprint density at radius 1 is 1.15 bits per heavy atom. The predicted octanol–water partition coefficient (Wildman–Crippen LogP) is 5.38. The zero-order valence-electron chi connectivity index (χ0n) is 10.3. The molecule has 0 fully saturated rings. The summed E-state index contributed by atoms with van der Waals surface area (Å²) in [6.07, 6.45) is 1.78. The highest BCUT2D eigenvalue weighted by atomic mass is 79.9. The Bertz CT molecular complexity index is 792. The average molecular weight is 366 g/mol. The molecule has 0 aliphatic heterocycles. The molecule has 3 aromatic rings. The van der Waals surface area contributed by atoms with Crippen molar-refractivity contribution in [3.05, 3.63) is 58.2 Å². The lowest BCUT2D eigenvalue weighted by molar-refractivity contribution is 1.33. The van der Waals surface area contributed by atoms with Crippen molar-refractivity contribution in [2.24, 2.45) is 0 Å². The summed E-state index contributed by atoms with van der Waals surface area (Å²) in [7, 11) is 0. The maximum atomic E-state index is 6.02. The summed E-state index contributed by atoms with van der Waals surface area (Å²) in [5.41, 5.74) is 7.65. The molecule has 20 heavy (non-hydrogen) atoms. The number of hydrogen-bond donors (Lipinski definition) is 1. The van der Waals surface area contributed by atoms with Gasteiger partial charge in [0.2, 0.25) is 0 Å². The number of rotatable bonds is 2. The third kappa shape index (κ3) is 2.77. The molecule has 100 valence electrons. The number of nitrogens with two attached hydrogens (primary N) is 1. The standard InChI is InChI=1S/C15H10BrClN2S/c16-9-6-12-13(18)4-5-14(15(12)19-8-9)20-11-3-1-2-10(17)7-11/h1-8H,18H2. The largest absolute Gasteiger partial charge is 0.398 e. The van der Waals surface area contributed by atoms with Gasteiger partial charge in [0, 0.05) is 36.6 Å². The summed E-state index contributed by atoms with van der Waals surface area (Å²) in [5, 5.41) is 1.68. The van der Waals surface area contributed by atoms with Crippen LogP contribution < -0.4 is 5.73 Å². The van der Waals surface area contributed by atoms with Crippen molar-refractivity contribution >= 4 is 55.9 Å². The molecule has 0 radical (unpaired) electrons. The Morgan fingerprint density at radius 3 is 2.80 bits per heavy atom. The highest BCUT2D eigenvalue weighted by molar-refractivity contribution is 9.10. The van der Waals surface area contributed by atoms with E-state index in [9.17, 15) is 0 Å². The summed E-state index contributed by atoms with van der Waals surface area (Å²) >= 11 is 11.1. The number of nitrogen functional groups attached to an aromatic ring is 1. The van der Waals surface area contributed by atoms with Crippen LogP contribution >= 0.6 is 39.3 Å². The van der Waals surface area contributed by atoms with Crippen molar-refractivity contribution in [2.45, 2.75) is 9.79 Å². The molecule has 0 aliphatic carbocycles. The molecule has 0 saturated heterocycles. The highest BCUT2D eigenvalue weighted by Crippen LogP contribution is 2.36. The Hall–Kier alpha value is -1.23. The van der Waals surface area contributed by atoms with E-state index in [0.29, 0.717) is 0 Å². The first-order chi connectivity index (χ1) is 9.63. The zero-order chi connectivity index (χ0) is 14.1. The molecule has 0 atom stereocenters. The van der Waals surface area contributed by atoms with Crippen molar-refractivity contribution in [3.63, 3.8) is 0 Å². The lowest BCUT2D eigenvalue weighted by Gasteiger charge is -2.08. The maximum absolute atomic E-state index is 6.02. The van der Waals surface area contributed by atoms with Crippen LogP contribution in [-0.4, -0.2) is 4.98 Å². The lowest BCUT2D eigenvalue weighted by atomic mass is 10.2. The van der Waals surface area contributed by atoms with Gasteiger partial charge in [-0.25, -0.2) is 0 Å². The van der Waals surface area contributed by atoms with Gasteiger partial charge in [0.25, 0.3) is 0 Å². The van der Waals surface area contributed by atoms with Gasteiger partial charge in [0.15, 0.2) is 0 Å². The Kier molecular flexibility index (Phi) is 3.87. The minimum atomic E-state index is 0.726. The Morgan fingerprint density at radius 2 is 2.00 bits per heavy atom. The molecule has 0 aliphatic rings. The van der Waals surface area contributed by atoms with Crippen LogP contribution in [0, 0.1) is 0 Å². The van der Waals surface area contributed by atoms with E-state index < -0.39 is 0 Å². The van der Waals surface area contributed by atoms with Crippen LogP contribution in [0.4, 0.5) is 5.69 Å². The van der Waals surface area contributed by atoms with Gasteiger partial charge in [-0.15, -0.1) is 0 Å². The number of nitrogens with zero attached hydrogens (tertiary/aromatic N) is 1. The molecular weight excluding hydrogens is 356 g/mol. The first-order valence-corrected chi connectivity index (χ1v) is 7.89. The molecule has 3 rings (SSSR count). The van der Waals surface area contributed by atoms with Crippen molar-refractivity contribution in [1.29, 1.82) is 0 Å². The van der Waals surface area contributed by atoms with Gasteiger partial charge < -0.3 is 5.73 Å². The van der Waals surface area contributed by atoms with Crippen LogP contribution in [-0.2, 0) is 0 Å². The van der Waals surface area contributed by atoms with Gasteiger partial charge in [-0.05, 0) is 52.3 Å². The number of halogens is 2. The van der Waals surface area contributed by atoms with E-state index in [1.54, 1.807) is 18.0 Å². The second-order valence-corrected chi connectivity index (χ2v) is 6.73. The van der Waals surface area contributed by atoms with E-state index in [4.69, 9.17) is 17.3 Å². The van der Waals surface area contributed by atoms with Crippen molar-refractivity contribution in [1.82, 2.24) is 4.98 Å². The van der Waals surface area contributed by atoms with Gasteiger partial charge in [-0.3, -0.25) is 4.98 Å². The number of fused-ring (bicyclic) bond motifs is 1. The molecule has 1 heterocycles. The van der Waals surface area contributed by atoms with E-state index in [1.807, 2.05) is 42.5 Å². The zero-order valence-corrected chi connectivity index (χ0v) is 13.5. The van der Waals surface area contributed by atoms with Crippen molar-refractivity contribution in [2.75, 3.05) is 5.73 Å². The molecule has 0 saturated carbocycles. The molecule has 0 spiro atoms. The molecule has 1 aromatic heterocycles. The fraction of sp³-hybridized carbons (Fsp3) is 0. The quantitative estimate of drug-likeness (QED) is 0.619. The minimum absolute atomic E-state index is 0.726. The summed E-state index contributed by atoms with van der Waals surface area (Å²) in [5.74, 6) is 0. The fourth-order valence-electron chi connectivity index (χ4n) is 1.93. The molecule has 5 heteroatoms. The highest BCUT2D eigenvalue weighted by Gasteiger charge is 2.08. The molecule has 2 N–H and O–H groups in total. The van der Waals surface area contributed by atoms with E-state index >= 15 is 0 Å². The second kappa shape index (κ2) is 5.64. The number of benzene rings is 2. The average Bonchev–Trinajstić information content (AvgIpc) is 2.42. The first kappa shape index (κ1) is 13.7. The van der Waals surface area contributed by atoms with Gasteiger partial charge in [-0.2, -0.15) is 0 Å². The van der Waals surface area contributed by atoms with Gasteiger partial charge >= 0.3 is 0 Å². The smallest absolute Gasteiger partial charge is 0.0862 e. The summed E-state index contributed by atoms with van der Waals surface area (Å²) in [6.45, 7) is 0. The van der Waals surface area contributed by atoms with E-state index in [2.05, 4.69) is 20.9 Å². The molecule has 2 nitrogen and oxygen atoms in total. The SMILES string of the molecule is Nc1ccc(Sc2cccc(Cl)c2)c2ncc(Br)cc12. The van der Waals surface area contributed by atoms with Crippen molar-refractivity contribution < 1.29 is 0 Å². The number of anilines is 1. The van der Waals surface area contributed by atoms with Crippen molar-refractivity contribution in [3.8, 4) is 0 Å². The number of aromatic nitrogens is 1. The van der Waals surface area contributed by atoms with Crippen LogP contribution in [0.3, 0.4) is 0 Å². The van der Waals surface area contributed by atoms with Gasteiger partial charge in [0.05, 0.1) is 5.52 Å². The third-order valence-electron chi connectivity index (χ3n) is 2.84. The number of pyridine rings is 1. The summed E-state index contributed by atoms with van der Waals surface area (Å²) in [4.78, 5) is 6.62. The van der Waals surface area contributed by atoms with Crippen LogP contribution in [0.2, 0.25) is 5.02 Å². The summed E-state index contributed by atoms with van der Waals surface area (Å²) < 4.78 is 0.918. The minimum Gasteiger partial charge on any atom is -0.398 e. The number of hydrogen-bond acceptors (Lipinski definition) is 3. The normalized spacial score (nSPS) is 10.9. The summed E-state index contributed by atoms with van der Waals surface area (Å²) in [6, 6.07) is 13.6. The lowest BCUT2D eigenvalue weighted by Crippen LogP contribution is -1.90.